The highest BCUT2D eigenvalue weighted by Gasteiger charge is 2.30. The van der Waals surface area contributed by atoms with Crippen LogP contribution in [0.1, 0.15) is 18.5 Å². The Balaban J connectivity index is 1.71. The molecule has 1 aromatic rings. The third-order valence-corrected chi connectivity index (χ3v) is 4.01. The Labute approximate surface area is 107 Å². The van der Waals surface area contributed by atoms with Crippen molar-refractivity contribution < 1.29 is 0 Å². The lowest BCUT2D eigenvalue weighted by Gasteiger charge is -2.37. The lowest BCUT2D eigenvalue weighted by atomic mass is 10.1. The first-order chi connectivity index (χ1) is 8.36. The molecule has 1 atom stereocenters. The number of fused-ring (bicyclic) bond motifs is 1. The van der Waals surface area contributed by atoms with Gasteiger partial charge >= 0.3 is 0 Å². The Hall–Kier alpha value is -0.870. The highest BCUT2D eigenvalue weighted by molar-refractivity contribution is 6.16. The summed E-state index contributed by atoms with van der Waals surface area (Å²) in [5.41, 5.74) is 0.843. The minimum Gasteiger partial charge on any atom is -0.352 e. The minimum atomic E-state index is 0.434. The molecule has 0 bridgehead atoms. The fourth-order valence-corrected chi connectivity index (χ4v) is 2.92. The number of piperazine rings is 1. The van der Waals surface area contributed by atoms with Gasteiger partial charge in [0.15, 0.2) is 0 Å². The Morgan fingerprint density at radius 1 is 1.24 bits per heavy atom. The third-order valence-electron chi connectivity index (χ3n) is 3.74. The van der Waals surface area contributed by atoms with Gasteiger partial charge in [0.05, 0.1) is 24.0 Å². The van der Waals surface area contributed by atoms with Crippen LogP contribution in [0.5, 0.6) is 0 Å². The van der Waals surface area contributed by atoms with Crippen LogP contribution in [0.25, 0.3) is 0 Å². The van der Waals surface area contributed by atoms with Gasteiger partial charge in [0.25, 0.3) is 0 Å². The zero-order chi connectivity index (χ0) is 11.7. The molecule has 1 unspecified atom stereocenters. The summed E-state index contributed by atoms with van der Waals surface area (Å²) in [6, 6.07) is 0.721. The van der Waals surface area contributed by atoms with Crippen molar-refractivity contribution in [2.75, 3.05) is 31.1 Å². The van der Waals surface area contributed by atoms with E-state index >= 15 is 0 Å². The van der Waals surface area contributed by atoms with Crippen molar-refractivity contribution in [3.63, 3.8) is 0 Å². The highest BCUT2D eigenvalue weighted by atomic mass is 35.5. The van der Waals surface area contributed by atoms with E-state index in [2.05, 4.69) is 19.8 Å². The molecule has 2 fully saturated rings. The van der Waals surface area contributed by atoms with E-state index in [1.165, 1.54) is 19.4 Å². The molecule has 3 rings (SSSR count). The summed E-state index contributed by atoms with van der Waals surface area (Å²) >= 11 is 5.72. The predicted octanol–water partition coefficient (Wildman–Crippen LogP) is 1.50. The highest BCUT2D eigenvalue weighted by Crippen LogP contribution is 2.23. The molecular formula is C12H17ClN4. The molecule has 2 aliphatic heterocycles. The number of alkyl halides is 1. The lowest BCUT2D eigenvalue weighted by molar-refractivity contribution is 0.230. The van der Waals surface area contributed by atoms with Gasteiger partial charge in [-0.3, -0.25) is 9.88 Å². The Kier molecular flexibility index (Phi) is 3.16. The SMILES string of the molecule is ClCc1cnc(N2CCN3CCCC3C2)cn1. The number of aromatic nitrogens is 2. The largest absolute Gasteiger partial charge is 0.352 e. The summed E-state index contributed by atoms with van der Waals surface area (Å²) in [6.07, 6.45) is 6.30. The van der Waals surface area contributed by atoms with Gasteiger partial charge < -0.3 is 4.90 Å². The molecule has 1 aromatic heterocycles. The van der Waals surface area contributed by atoms with E-state index < -0.39 is 0 Å². The fraction of sp³-hybridized carbons (Fsp3) is 0.667. The van der Waals surface area contributed by atoms with Crippen molar-refractivity contribution in [3.05, 3.63) is 18.1 Å². The monoisotopic (exact) mass is 252 g/mol. The van der Waals surface area contributed by atoms with Crippen LogP contribution in [-0.2, 0) is 5.88 Å². The number of anilines is 1. The second-order valence-corrected chi connectivity index (χ2v) is 5.04. The molecule has 17 heavy (non-hydrogen) atoms. The van der Waals surface area contributed by atoms with Crippen molar-refractivity contribution in [1.82, 2.24) is 14.9 Å². The molecule has 92 valence electrons. The fourth-order valence-electron chi connectivity index (χ4n) is 2.78. The molecule has 0 N–H and O–H groups in total. The Morgan fingerprint density at radius 3 is 2.94 bits per heavy atom. The van der Waals surface area contributed by atoms with E-state index in [4.69, 9.17) is 11.6 Å². The van der Waals surface area contributed by atoms with Crippen molar-refractivity contribution in [3.8, 4) is 0 Å². The number of halogens is 1. The molecular weight excluding hydrogens is 236 g/mol. The first-order valence-electron chi connectivity index (χ1n) is 6.22. The number of nitrogens with zero attached hydrogens (tertiary/aromatic N) is 4. The summed E-state index contributed by atoms with van der Waals surface area (Å²) < 4.78 is 0. The number of hydrogen-bond acceptors (Lipinski definition) is 4. The lowest BCUT2D eigenvalue weighted by Crippen LogP contribution is -2.50. The van der Waals surface area contributed by atoms with E-state index in [1.807, 2.05) is 6.20 Å². The van der Waals surface area contributed by atoms with Crippen LogP contribution in [0.15, 0.2) is 12.4 Å². The molecule has 2 aliphatic rings. The molecule has 0 spiro atoms. The van der Waals surface area contributed by atoms with E-state index in [0.717, 1.165) is 37.2 Å². The van der Waals surface area contributed by atoms with Crippen LogP contribution in [0.2, 0.25) is 0 Å². The van der Waals surface area contributed by atoms with Crippen molar-refractivity contribution in [1.29, 1.82) is 0 Å². The van der Waals surface area contributed by atoms with Gasteiger partial charge in [-0.05, 0) is 19.4 Å². The van der Waals surface area contributed by atoms with Gasteiger partial charge in [-0.2, -0.15) is 0 Å². The minimum absolute atomic E-state index is 0.434. The van der Waals surface area contributed by atoms with E-state index in [9.17, 15) is 0 Å². The van der Waals surface area contributed by atoms with Crippen LogP contribution in [0.3, 0.4) is 0 Å². The van der Waals surface area contributed by atoms with Crippen LogP contribution in [-0.4, -0.2) is 47.1 Å². The standard InChI is InChI=1S/C12H17ClN4/c13-6-10-7-15-12(8-14-10)17-5-4-16-3-1-2-11(16)9-17/h7-8,11H,1-6,9H2. The molecule has 0 saturated carbocycles. The van der Waals surface area contributed by atoms with Gasteiger partial charge in [0.1, 0.15) is 5.82 Å². The topological polar surface area (TPSA) is 32.3 Å². The molecule has 0 amide bonds. The van der Waals surface area contributed by atoms with Crippen LogP contribution in [0.4, 0.5) is 5.82 Å². The second kappa shape index (κ2) is 4.78. The average Bonchev–Trinajstić information content (AvgIpc) is 2.86. The van der Waals surface area contributed by atoms with Gasteiger partial charge in [-0.15, -0.1) is 11.6 Å². The van der Waals surface area contributed by atoms with Gasteiger partial charge in [-0.25, -0.2) is 4.98 Å². The zero-order valence-electron chi connectivity index (χ0n) is 9.85. The van der Waals surface area contributed by atoms with E-state index in [-0.39, 0.29) is 0 Å². The normalized spacial score (nSPS) is 25.0. The van der Waals surface area contributed by atoms with Crippen LogP contribution >= 0.6 is 11.6 Å². The number of rotatable bonds is 2. The third kappa shape index (κ3) is 2.24. The second-order valence-electron chi connectivity index (χ2n) is 4.78. The molecule has 5 heteroatoms. The summed E-state index contributed by atoms with van der Waals surface area (Å²) in [4.78, 5) is 13.7. The predicted molar refractivity (Wildman–Crippen MR) is 68.4 cm³/mol. The van der Waals surface area contributed by atoms with E-state index in [1.54, 1.807) is 6.20 Å². The first kappa shape index (κ1) is 11.2. The van der Waals surface area contributed by atoms with Gasteiger partial charge in [0.2, 0.25) is 0 Å². The molecule has 0 aliphatic carbocycles. The maximum Gasteiger partial charge on any atom is 0.147 e. The molecule has 2 saturated heterocycles. The zero-order valence-corrected chi connectivity index (χ0v) is 10.6. The summed E-state index contributed by atoms with van der Waals surface area (Å²) in [7, 11) is 0. The molecule has 3 heterocycles. The Morgan fingerprint density at radius 2 is 2.18 bits per heavy atom. The summed E-state index contributed by atoms with van der Waals surface area (Å²) in [6.45, 7) is 4.58. The van der Waals surface area contributed by atoms with Gasteiger partial charge in [-0.1, -0.05) is 0 Å². The van der Waals surface area contributed by atoms with Crippen LogP contribution in [0, 0.1) is 0 Å². The van der Waals surface area contributed by atoms with Crippen LogP contribution < -0.4 is 4.90 Å². The Bertz CT molecular complexity index is 381. The van der Waals surface area contributed by atoms with Gasteiger partial charge in [0, 0.05) is 25.7 Å². The maximum atomic E-state index is 5.72. The quantitative estimate of drug-likeness (QED) is 0.747. The van der Waals surface area contributed by atoms with Crippen molar-refractivity contribution in [2.45, 2.75) is 24.8 Å². The molecule has 0 radical (unpaired) electrons. The summed E-state index contributed by atoms with van der Waals surface area (Å²) in [5.74, 6) is 1.43. The smallest absolute Gasteiger partial charge is 0.147 e. The molecule has 4 nitrogen and oxygen atoms in total. The first-order valence-corrected chi connectivity index (χ1v) is 6.76. The van der Waals surface area contributed by atoms with Crippen molar-refractivity contribution in [2.24, 2.45) is 0 Å². The maximum absolute atomic E-state index is 5.72. The number of hydrogen-bond donors (Lipinski definition) is 0. The summed E-state index contributed by atoms with van der Waals surface area (Å²) in [5, 5.41) is 0. The van der Waals surface area contributed by atoms with E-state index in [0.29, 0.717) is 5.88 Å². The molecule has 0 aromatic carbocycles. The van der Waals surface area contributed by atoms with Crippen molar-refractivity contribution >= 4 is 17.4 Å². The average molecular weight is 253 g/mol.